The second kappa shape index (κ2) is 9.27. The fourth-order valence-electron chi connectivity index (χ4n) is 3.02. The molecular weight excluding hydrogens is 402 g/mol. The second-order valence-electron chi connectivity index (χ2n) is 6.40. The third-order valence-corrected chi connectivity index (χ3v) is 6.45. The maximum absolute atomic E-state index is 12.8. The standard InChI is InChI=1S/C19H23N3O4S.ClH/c1-26-15-8-9-17(20)18(13-15)21-19(23)14-6-5-7-16(12-14)27(24,25)22-10-3-2-4-11-22;/h5-9,12-13H,2-4,10-11,20H2,1H3,(H,21,23);1H. The topological polar surface area (TPSA) is 102 Å². The van der Waals surface area contributed by atoms with Crippen LogP contribution in [0.1, 0.15) is 29.6 Å². The van der Waals surface area contributed by atoms with Gasteiger partial charge in [-0.3, -0.25) is 4.79 Å². The van der Waals surface area contributed by atoms with Crippen LogP contribution in [-0.2, 0) is 10.0 Å². The number of nitrogens with one attached hydrogen (secondary N) is 1. The minimum Gasteiger partial charge on any atom is -0.497 e. The maximum Gasteiger partial charge on any atom is 0.255 e. The lowest BCUT2D eigenvalue weighted by Gasteiger charge is -2.26. The van der Waals surface area contributed by atoms with Gasteiger partial charge in [0.15, 0.2) is 0 Å². The highest BCUT2D eigenvalue weighted by Gasteiger charge is 2.26. The molecule has 1 aliphatic heterocycles. The first-order valence-electron chi connectivity index (χ1n) is 8.77. The minimum absolute atomic E-state index is 0. The third-order valence-electron chi connectivity index (χ3n) is 4.56. The molecule has 0 aliphatic carbocycles. The molecule has 1 saturated heterocycles. The fraction of sp³-hybridized carbons (Fsp3) is 0.316. The van der Waals surface area contributed by atoms with Crippen molar-refractivity contribution in [3.8, 4) is 5.75 Å². The van der Waals surface area contributed by atoms with E-state index in [2.05, 4.69) is 5.32 Å². The zero-order valence-electron chi connectivity index (χ0n) is 15.6. The van der Waals surface area contributed by atoms with Crippen molar-refractivity contribution in [2.45, 2.75) is 24.2 Å². The zero-order valence-corrected chi connectivity index (χ0v) is 17.2. The van der Waals surface area contributed by atoms with Crippen molar-refractivity contribution in [3.63, 3.8) is 0 Å². The monoisotopic (exact) mass is 425 g/mol. The van der Waals surface area contributed by atoms with Gasteiger partial charge in [-0.1, -0.05) is 12.5 Å². The Labute approximate surface area is 171 Å². The number of hydrogen-bond acceptors (Lipinski definition) is 5. The highest BCUT2D eigenvalue weighted by molar-refractivity contribution is 7.89. The molecule has 0 saturated carbocycles. The lowest BCUT2D eigenvalue weighted by Crippen LogP contribution is -2.35. The van der Waals surface area contributed by atoms with E-state index in [9.17, 15) is 13.2 Å². The molecule has 0 spiro atoms. The number of halogens is 1. The summed E-state index contributed by atoms with van der Waals surface area (Å²) in [5.41, 5.74) is 6.94. The molecule has 1 heterocycles. The minimum atomic E-state index is -3.60. The van der Waals surface area contributed by atoms with E-state index >= 15 is 0 Å². The van der Waals surface area contributed by atoms with Gasteiger partial charge in [0.25, 0.3) is 5.91 Å². The van der Waals surface area contributed by atoms with E-state index in [1.165, 1.54) is 23.5 Å². The summed E-state index contributed by atoms with van der Waals surface area (Å²) in [6.07, 6.45) is 2.75. The highest BCUT2D eigenvalue weighted by atomic mass is 35.5. The molecule has 3 rings (SSSR count). The average molecular weight is 426 g/mol. The maximum atomic E-state index is 12.8. The molecule has 28 heavy (non-hydrogen) atoms. The molecule has 1 amide bonds. The van der Waals surface area contributed by atoms with Crippen molar-refractivity contribution in [2.75, 3.05) is 31.2 Å². The average Bonchev–Trinajstić information content (AvgIpc) is 2.70. The van der Waals surface area contributed by atoms with Gasteiger partial charge in [0, 0.05) is 24.7 Å². The first-order valence-corrected chi connectivity index (χ1v) is 10.2. The van der Waals surface area contributed by atoms with E-state index in [4.69, 9.17) is 10.5 Å². The molecule has 0 atom stereocenters. The Morgan fingerprint density at radius 1 is 1.11 bits per heavy atom. The first-order chi connectivity index (χ1) is 12.9. The Morgan fingerprint density at radius 3 is 2.50 bits per heavy atom. The van der Waals surface area contributed by atoms with Gasteiger partial charge in [0.2, 0.25) is 10.0 Å². The van der Waals surface area contributed by atoms with E-state index in [0.717, 1.165) is 19.3 Å². The summed E-state index contributed by atoms with van der Waals surface area (Å²) in [5.74, 6) is 0.117. The number of benzene rings is 2. The SMILES string of the molecule is COc1ccc(N)c(NC(=O)c2cccc(S(=O)(=O)N3CCCCC3)c2)c1.Cl. The quantitative estimate of drug-likeness (QED) is 0.716. The largest absolute Gasteiger partial charge is 0.497 e. The van der Waals surface area contributed by atoms with Crippen LogP contribution in [0.3, 0.4) is 0 Å². The van der Waals surface area contributed by atoms with Gasteiger partial charge in [0.05, 0.1) is 23.4 Å². The molecule has 3 N–H and O–H groups in total. The Bertz CT molecular complexity index is 944. The summed E-state index contributed by atoms with van der Waals surface area (Å²) in [6, 6.07) is 11.0. The fourth-order valence-corrected chi connectivity index (χ4v) is 4.58. The number of anilines is 2. The second-order valence-corrected chi connectivity index (χ2v) is 8.34. The Morgan fingerprint density at radius 2 is 1.82 bits per heavy atom. The van der Waals surface area contributed by atoms with Gasteiger partial charge in [-0.15, -0.1) is 12.4 Å². The predicted octanol–water partition coefficient (Wildman–Crippen LogP) is 3.13. The van der Waals surface area contributed by atoms with Crippen molar-refractivity contribution in [3.05, 3.63) is 48.0 Å². The molecule has 2 aromatic carbocycles. The van der Waals surface area contributed by atoms with Gasteiger partial charge >= 0.3 is 0 Å². The van der Waals surface area contributed by atoms with Crippen LogP contribution in [0, 0.1) is 0 Å². The summed E-state index contributed by atoms with van der Waals surface area (Å²) in [6.45, 7) is 1.03. The number of nitrogen functional groups attached to an aromatic ring is 1. The number of nitrogens with zero attached hydrogens (tertiary/aromatic N) is 1. The smallest absolute Gasteiger partial charge is 0.255 e. The number of piperidine rings is 1. The van der Waals surface area contributed by atoms with Crippen molar-refractivity contribution >= 4 is 39.7 Å². The van der Waals surface area contributed by atoms with E-state index in [1.54, 1.807) is 30.3 Å². The molecule has 7 nitrogen and oxygen atoms in total. The van der Waals surface area contributed by atoms with Gasteiger partial charge in [0.1, 0.15) is 5.75 Å². The zero-order chi connectivity index (χ0) is 19.4. The number of carbonyl (C=O) groups is 1. The number of nitrogens with two attached hydrogens (primary N) is 1. The van der Waals surface area contributed by atoms with Gasteiger partial charge < -0.3 is 15.8 Å². The Balaban J connectivity index is 0.00000280. The lowest BCUT2D eigenvalue weighted by atomic mass is 10.2. The molecule has 0 bridgehead atoms. The Hall–Kier alpha value is -2.29. The van der Waals surface area contributed by atoms with Crippen LogP contribution in [0.2, 0.25) is 0 Å². The van der Waals surface area contributed by atoms with Crippen LogP contribution in [0.25, 0.3) is 0 Å². The number of amides is 1. The van der Waals surface area contributed by atoms with Crippen LogP contribution in [0.5, 0.6) is 5.75 Å². The summed E-state index contributed by atoms with van der Waals surface area (Å²) in [5, 5.41) is 2.71. The van der Waals surface area contributed by atoms with E-state index in [0.29, 0.717) is 30.2 Å². The summed E-state index contributed by atoms with van der Waals surface area (Å²) < 4.78 is 32.2. The van der Waals surface area contributed by atoms with Gasteiger partial charge in [-0.05, 0) is 43.2 Å². The summed E-state index contributed by atoms with van der Waals surface area (Å²) in [7, 11) is -2.08. The van der Waals surface area contributed by atoms with Crippen LogP contribution in [-0.4, -0.2) is 38.8 Å². The Kier molecular flexibility index (Phi) is 7.29. The molecule has 0 unspecified atom stereocenters. The van der Waals surface area contributed by atoms with Crippen molar-refractivity contribution in [1.29, 1.82) is 0 Å². The lowest BCUT2D eigenvalue weighted by molar-refractivity contribution is 0.102. The van der Waals surface area contributed by atoms with Crippen LogP contribution in [0.15, 0.2) is 47.4 Å². The van der Waals surface area contributed by atoms with Crippen molar-refractivity contribution in [1.82, 2.24) is 4.31 Å². The molecule has 152 valence electrons. The van der Waals surface area contributed by atoms with Gasteiger partial charge in [-0.2, -0.15) is 4.31 Å². The summed E-state index contributed by atoms with van der Waals surface area (Å²) >= 11 is 0. The van der Waals surface area contributed by atoms with Crippen LogP contribution >= 0.6 is 12.4 Å². The number of carbonyl (C=O) groups excluding carboxylic acids is 1. The number of methoxy groups -OCH3 is 1. The van der Waals surface area contributed by atoms with Crippen LogP contribution < -0.4 is 15.8 Å². The highest BCUT2D eigenvalue weighted by Crippen LogP contribution is 2.26. The van der Waals surface area contributed by atoms with E-state index in [-0.39, 0.29) is 22.9 Å². The number of rotatable bonds is 5. The molecular formula is C19H24ClN3O4S. The normalized spacial score (nSPS) is 14.8. The molecule has 1 aliphatic rings. The van der Waals surface area contributed by atoms with Crippen LogP contribution in [0.4, 0.5) is 11.4 Å². The molecule has 1 fully saturated rings. The van der Waals surface area contributed by atoms with Crippen molar-refractivity contribution in [2.24, 2.45) is 0 Å². The summed E-state index contributed by atoms with van der Waals surface area (Å²) in [4.78, 5) is 12.7. The van der Waals surface area contributed by atoms with Gasteiger partial charge in [-0.25, -0.2) is 8.42 Å². The number of hydrogen-bond donors (Lipinski definition) is 2. The number of ether oxygens (including phenoxy) is 1. The van der Waals surface area contributed by atoms with Crippen molar-refractivity contribution < 1.29 is 17.9 Å². The molecule has 0 radical (unpaired) electrons. The number of sulfonamides is 1. The predicted molar refractivity (Wildman–Crippen MR) is 112 cm³/mol. The molecule has 2 aromatic rings. The third kappa shape index (κ3) is 4.76. The van der Waals surface area contributed by atoms with E-state index in [1.807, 2.05) is 0 Å². The molecule has 0 aromatic heterocycles. The molecule has 9 heteroatoms. The van der Waals surface area contributed by atoms with E-state index < -0.39 is 15.9 Å². The first kappa shape index (κ1) is 22.0.